The van der Waals surface area contributed by atoms with E-state index in [-0.39, 0.29) is 50.5 Å². The van der Waals surface area contributed by atoms with Crippen molar-refractivity contribution in [1.82, 2.24) is 5.43 Å². The van der Waals surface area contributed by atoms with Crippen LogP contribution in [0.15, 0.2) is 41.2 Å². The minimum Gasteiger partial charge on any atom is -0.507 e. The molecular formula is C53H77N3O12. The number of amides is 1. The first-order valence-electron chi connectivity index (χ1n) is 24.7. The summed E-state index contributed by atoms with van der Waals surface area (Å²) < 4.78 is 23.8. The molecule has 1 amide bonds. The van der Waals surface area contributed by atoms with Crippen molar-refractivity contribution >= 4 is 40.3 Å². The minimum atomic E-state index is -2.05. The number of ketones is 1. The Hall–Kier alpha value is -5.12. The summed E-state index contributed by atoms with van der Waals surface area (Å²) >= 11 is 0. The van der Waals surface area contributed by atoms with Gasteiger partial charge in [-0.25, -0.2) is 0 Å². The number of carbonyl (C=O) groups is 3. The number of methoxy groups -OCH3 is 1. The standard InChI is InChI=1S/C53H77N3O12/c1-30-23-22-24-31(2)52(64)55-43-38(29-54-56-37-25-20-18-16-14-12-10-11-13-15-17-19-21-26-37)47(61)40-41(48(43)62)46(60)35(6)50-42(40)51(63)53(8,68-50)66-28-27-39(65-9)32(3)49(67-36(7)57)34(5)45(59)33(4)44(30)58/h22-24,27-30,32-34,37,39,44-45,49,56,58-62H,10-21,25-26H2,1-9H3,(H,55,64)/b23-22?,28-27?,31-24?,54-29-. The number of hydrazone groups is 1. The third-order valence-electron chi connectivity index (χ3n) is 14.3. The van der Waals surface area contributed by atoms with Crippen LogP contribution in [0.3, 0.4) is 0 Å². The Labute approximate surface area is 402 Å². The smallest absolute Gasteiger partial charge is 0.312 e. The number of rotatable bonds is 5. The van der Waals surface area contributed by atoms with Crippen LogP contribution in [0.25, 0.3) is 10.8 Å². The molecule has 1 fully saturated rings. The van der Waals surface area contributed by atoms with Gasteiger partial charge in [0.05, 0.1) is 53.0 Å². The highest BCUT2D eigenvalue weighted by atomic mass is 16.7. The molecule has 9 unspecified atom stereocenters. The highest BCUT2D eigenvalue weighted by molar-refractivity contribution is 6.23. The zero-order valence-corrected chi connectivity index (χ0v) is 41.6. The Kier molecular flexibility index (Phi) is 19.3. The van der Waals surface area contributed by atoms with E-state index in [1.807, 2.05) is 0 Å². The maximum atomic E-state index is 14.6. The molecule has 5 bridgehead atoms. The summed E-state index contributed by atoms with van der Waals surface area (Å²) in [5.74, 6) is -8.30. The third-order valence-corrected chi connectivity index (χ3v) is 14.3. The van der Waals surface area contributed by atoms with Gasteiger partial charge < -0.3 is 55.2 Å². The van der Waals surface area contributed by atoms with Crippen LogP contribution >= 0.6 is 0 Å². The maximum absolute atomic E-state index is 14.6. The van der Waals surface area contributed by atoms with E-state index in [2.05, 4.69) is 15.8 Å². The van der Waals surface area contributed by atoms with E-state index < -0.39 is 88.8 Å². The lowest BCUT2D eigenvalue weighted by atomic mass is 9.78. The number of aliphatic hydroxyl groups excluding tert-OH is 2. The number of fused-ring (bicyclic) bond motifs is 14. The van der Waals surface area contributed by atoms with Crippen molar-refractivity contribution in [1.29, 1.82) is 0 Å². The van der Waals surface area contributed by atoms with Crippen LogP contribution in [0.5, 0.6) is 23.0 Å². The number of esters is 1. The summed E-state index contributed by atoms with van der Waals surface area (Å²) in [6, 6.07) is 0.0252. The second kappa shape index (κ2) is 24.4. The summed E-state index contributed by atoms with van der Waals surface area (Å²) in [4.78, 5) is 41.0. The third kappa shape index (κ3) is 12.6. The van der Waals surface area contributed by atoms with Gasteiger partial charge >= 0.3 is 11.8 Å². The lowest BCUT2D eigenvalue weighted by molar-refractivity contribution is -0.160. The number of nitrogens with one attached hydrogen (secondary N) is 2. The molecule has 0 spiro atoms. The van der Waals surface area contributed by atoms with E-state index in [4.69, 9.17) is 18.9 Å². The second-order valence-corrected chi connectivity index (χ2v) is 19.5. The molecule has 68 heavy (non-hydrogen) atoms. The Balaban J connectivity index is 1.63. The molecule has 15 nitrogen and oxygen atoms in total. The molecule has 2 aromatic carbocycles. The van der Waals surface area contributed by atoms with Gasteiger partial charge in [0.25, 0.3) is 11.7 Å². The van der Waals surface area contributed by atoms with Crippen molar-refractivity contribution in [3.63, 3.8) is 0 Å². The van der Waals surface area contributed by atoms with Crippen molar-refractivity contribution in [3.8, 4) is 23.0 Å². The molecule has 1 aliphatic carbocycles. The lowest BCUT2D eigenvalue weighted by Gasteiger charge is -2.38. The van der Waals surface area contributed by atoms with Gasteiger partial charge in [-0.3, -0.25) is 14.4 Å². The van der Waals surface area contributed by atoms with Crippen LogP contribution in [-0.4, -0.2) is 92.8 Å². The van der Waals surface area contributed by atoms with Crippen LogP contribution in [0.2, 0.25) is 0 Å². The highest BCUT2D eigenvalue weighted by Crippen LogP contribution is 2.55. The number of carbonyl (C=O) groups excluding carboxylic acids is 3. The predicted molar refractivity (Wildman–Crippen MR) is 263 cm³/mol. The van der Waals surface area contributed by atoms with Gasteiger partial charge in [-0.05, 0) is 32.8 Å². The first-order valence-corrected chi connectivity index (χ1v) is 24.7. The zero-order chi connectivity index (χ0) is 49.9. The Morgan fingerprint density at radius 1 is 0.824 bits per heavy atom. The Morgan fingerprint density at radius 2 is 1.41 bits per heavy atom. The number of aliphatic hydroxyl groups is 2. The summed E-state index contributed by atoms with van der Waals surface area (Å²) in [5.41, 5.74) is 2.98. The number of Topliss-reactive ketones (excluding diaryl/α,β-unsaturated/α-hetero) is 1. The van der Waals surface area contributed by atoms with Crippen LogP contribution in [0, 0.1) is 30.6 Å². The maximum Gasteiger partial charge on any atom is 0.312 e. The van der Waals surface area contributed by atoms with Gasteiger partial charge in [0.1, 0.15) is 23.4 Å². The summed E-state index contributed by atoms with van der Waals surface area (Å²) in [5, 5.41) is 66.0. The fourth-order valence-corrected chi connectivity index (χ4v) is 9.90. The Morgan fingerprint density at radius 3 is 1.99 bits per heavy atom. The molecule has 3 heterocycles. The number of hydrogen-bond acceptors (Lipinski definition) is 14. The molecule has 4 aliphatic rings. The molecule has 2 aromatic rings. The Bertz CT molecular complexity index is 2200. The van der Waals surface area contributed by atoms with Gasteiger partial charge in [-0.2, -0.15) is 5.10 Å². The highest BCUT2D eigenvalue weighted by Gasteiger charge is 2.50. The number of nitrogens with zero attached hydrogens (tertiary/aromatic N) is 1. The van der Waals surface area contributed by atoms with Crippen molar-refractivity contribution in [2.75, 3.05) is 12.4 Å². The van der Waals surface area contributed by atoms with Crippen molar-refractivity contribution in [2.24, 2.45) is 28.8 Å². The van der Waals surface area contributed by atoms with E-state index in [1.165, 1.54) is 104 Å². The molecule has 7 N–H and O–H groups in total. The molecule has 3 aliphatic heterocycles. The summed E-state index contributed by atoms with van der Waals surface area (Å²) in [6.45, 7) is 12.6. The zero-order valence-electron chi connectivity index (χ0n) is 41.6. The van der Waals surface area contributed by atoms with E-state index in [0.717, 1.165) is 38.5 Å². The number of benzene rings is 2. The summed E-state index contributed by atoms with van der Waals surface area (Å²) in [6.07, 6.45) is 21.0. The van der Waals surface area contributed by atoms with Gasteiger partial charge in [0, 0.05) is 67.2 Å². The minimum absolute atomic E-state index is 0.0252. The number of anilines is 1. The number of allylic oxidation sites excluding steroid dienone is 2. The molecule has 0 aromatic heterocycles. The van der Waals surface area contributed by atoms with Gasteiger partial charge in [-0.15, -0.1) is 0 Å². The van der Waals surface area contributed by atoms with E-state index in [0.29, 0.717) is 0 Å². The fraction of sp³-hybridized carbons (Fsp3) is 0.623. The lowest BCUT2D eigenvalue weighted by Crippen LogP contribution is -2.46. The summed E-state index contributed by atoms with van der Waals surface area (Å²) in [7, 11) is 1.45. The second-order valence-electron chi connectivity index (χ2n) is 19.5. The van der Waals surface area contributed by atoms with Crippen molar-refractivity contribution in [2.45, 2.75) is 182 Å². The molecule has 6 rings (SSSR count). The van der Waals surface area contributed by atoms with Crippen LogP contribution in [-0.2, 0) is 23.8 Å². The van der Waals surface area contributed by atoms with E-state index >= 15 is 0 Å². The van der Waals surface area contributed by atoms with Gasteiger partial charge in [-0.1, -0.05) is 123 Å². The van der Waals surface area contributed by atoms with Gasteiger partial charge in [0.15, 0.2) is 5.75 Å². The van der Waals surface area contributed by atoms with Crippen molar-refractivity contribution in [3.05, 3.63) is 52.8 Å². The molecule has 1 saturated carbocycles. The molecule has 9 atom stereocenters. The first-order chi connectivity index (χ1) is 32.3. The van der Waals surface area contributed by atoms with Crippen LogP contribution < -0.4 is 15.5 Å². The normalized spacial score (nSPS) is 29.2. The number of hydrogen-bond donors (Lipinski definition) is 7. The number of phenols is 3. The largest absolute Gasteiger partial charge is 0.507 e. The fourth-order valence-electron chi connectivity index (χ4n) is 9.90. The molecule has 376 valence electrons. The topological polar surface area (TPSA) is 226 Å². The molecule has 0 saturated heterocycles. The van der Waals surface area contributed by atoms with E-state index in [1.54, 1.807) is 46.8 Å². The van der Waals surface area contributed by atoms with Crippen LogP contribution in [0.4, 0.5) is 5.69 Å². The van der Waals surface area contributed by atoms with E-state index in [9.17, 15) is 39.9 Å². The average Bonchev–Trinajstić information content (AvgIpc) is 3.56. The first kappa shape index (κ1) is 53.8. The van der Waals surface area contributed by atoms with Gasteiger partial charge in [0.2, 0.25) is 0 Å². The molecule has 15 heteroatoms. The average molecular weight is 948 g/mol. The monoisotopic (exact) mass is 948 g/mol. The SMILES string of the molecule is COC1C=COC2(C)Oc3c(C)c(O)c4c(O)c(c(/C=N\NC5CCCCCCCCCCCCCC5)c(O)c4c3C2=O)NC(=O)C(C)=CC=CC(C)C(O)C(C)C(O)C(C)C(OC(C)=O)C1C. The van der Waals surface area contributed by atoms with Crippen LogP contribution in [0.1, 0.15) is 160 Å². The molecule has 0 radical (unpaired) electrons. The number of ether oxygens (including phenoxy) is 4. The predicted octanol–water partition coefficient (Wildman–Crippen LogP) is 9.52. The number of aromatic hydroxyl groups is 3. The van der Waals surface area contributed by atoms with Crippen molar-refractivity contribution < 1.29 is 58.9 Å². The quantitative estimate of drug-likeness (QED) is 0.0488. The molecular weight excluding hydrogens is 871 g/mol. The number of phenolic OH excluding ortho intramolecular Hbond substituents is 3.